The van der Waals surface area contributed by atoms with Gasteiger partial charge in [-0.05, 0) is 23.6 Å². The van der Waals surface area contributed by atoms with Crippen LogP contribution in [0.5, 0.6) is 5.75 Å². The Kier molecular flexibility index (Phi) is 4.94. The number of carbonyl (C=O) groups excluding carboxylic acids is 1. The Morgan fingerprint density at radius 3 is 2.83 bits per heavy atom. The van der Waals surface area contributed by atoms with Gasteiger partial charge in [0.2, 0.25) is 0 Å². The van der Waals surface area contributed by atoms with Crippen LogP contribution in [0.3, 0.4) is 0 Å². The number of aromatic hydroxyl groups is 1. The lowest BCUT2D eigenvalue weighted by molar-refractivity contribution is -0.138. The van der Waals surface area contributed by atoms with Gasteiger partial charge in [0.25, 0.3) is 0 Å². The highest BCUT2D eigenvalue weighted by molar-refractivity contribution is 5.95. The van der Waals surface area contributed by atoms with E-state index in [-0.39, 0.29) is 17.2 Å². The predicted octanol–water partition coefficient (Wildman–Crippen LogP) is 2.50. The van der Waals surface area contributed by atoms with Crippen LogP contribution >= 0.6 is 0 Å². The van der Waals surface area contributed by atoms with E-state index in [2.05, 4.69) is 0 Å². The van der Waals surface area contributed by atoms with Crippen molar-refractivity contribution < 1.29 is 14.6 Å². The average molecular weight is 245 g/mol. The maximum Gasteiger partial charge on any atom is 0.332 e. The molecule has 0 saturated heterocycles. The third kappa shape index (κ3) is 4.30. The molecule has 1 rings (SSSR count). The molecule has 0 unspecified atom stereocenters. The van der Waals surface area contributed by atoms with Crippen molar-refractivity contribution in [3.63, 3.8) is 0 Å². The molecule has 4 nitrogen and oxygen atoms in total. The lowest BCUT2D eigenvalue weighted by Gasteiger charge is -2.05. The summed E-state index contributed by atoms with van der Waals surface area (Å²) in [7, 11) is 0. The van der Waals surface area contributed by atoms with E-state index in [9.17, 15) is 9.90 Å². The SMILES string of the molecule is CC(C)COC(=O)C=C(C#N)c1cccc(O)c1. The molecule has 0 bridgehead atoms. The van der Waals surface area contributed by atoms with Crippen LogP contribution in [0.2, 0.25) is 0 Å². The summed E-state index contributed by atoms with van der Waals surface area (Å²) in [6.45, 7) is 4.17. The summed E-state index contributed by atoms with van der Waals surface area (Å²) in [6.07, 6.45) is 1.14. The Morgan fingerprint density at radius 1 is 1.56 bits per heavy atom. The first-order chi connectivity index (χ1) is 8.52. The molecule has 0 saturated carbocycles. The zero-order valence-electron chi connectivity index (χ0n) is 10.4. The molecule has 18 heavy (non-hydrogen) atoms. The van der Waals surface area contributed by atoms with Crippen molar-refractivity contribution in [1.29, 1.82) is 5.26 Å². The van der Waals surface area contributed by atoms with Crippen LogP contribution in [0.1, 0.15) is 19.4 Å². The average Bonchev–Trinajstić information content (AvgIpc) is 2.33. The van der Waals surface area contributed by atoms with Gasteiger partial charge in [-0.3, -0.25) is 0 Å². The second kappa shape index (κ2) is 6.45. The van der Waals surface area contributed by atoms with E-state index in [0.29, 0.717) is 12.2 Å². The molecule has 0 spiro atoms. The fraction of sp³-hybridized carbons (Fsp3) is 0.286. The zero-order chi connectivity index (χ0) is 13.5. The van der Waals surface area contributed by atoms with Crippen LogP contribution in [-0.2, 0) is 9.53 Å². The number of allylic oxidation sites excluding steroid dienone is 1. The number of phenolic OH excluding ortho intramolecular Hbond substituents is 1. The lowest BCUT2D eigenvalue weighted by atomic mass is 10.1. The van der Waals surface area contributed by atoms with Crippen LogP contribution in [-0.4, -0.2) is 17.7 Å². The molecular weight excluding hydrogens is 230 g/mol. The third-order valence-electron chi connectivity index (χ3n) is 2.10. The second-order valence-electron chi connectivity index (χ2n) is 4.24. The maximum atomic E-state index is 11.5. The van der Waals surface area contributed by atoms with Crippen LogP contribution in [0.15, 0.2) is 30.3 Å². The van der Waals surface area contributed by atoms with Crippen molar-refractivity contribution in [3.8, 4) is 11.8 Å². The summed E-state index contributed by atoms with van der Waals surface area (Å²) < 4.78 is 4.96. The number of nitrogens with zero attached hydrogens (tertiary/aromatic N) is 1. The molecule has 0 radical (unpaired) electrons. The summed E-state index contributed by atoms with van der Waals surface area (Å²) in [5, 5.41) is 18.3. The smallest absolute Gasteiger partial charge is 0.332 e. The Morgan fingerprint density at radius 2 is 2.28 bits per heavy atom. The number of esters is 1. The van der Waals surface area contributed by atoms with Crippen LogP contribution in [0, 0.1) is 17.2 Å². The van der Waals surface area contributed by atoms with Crippen molar-refractivity contribution in [2.24, 2.45) is 5.92 Å². The first kappa shape index (κ1) is 13.8. The third-order valence-corrected chi connectivity index (χ3v) is 2.10. The van der Waals surface area contributed by atoms with E-state index in [4.69, 9.17) is 10.00 Å². The standard InChI is InChI=1S/C14H15NO3/c1-10(2)9-18-14(17)7-12(8-15)11-4-3-5-13(16)6-11/h3-7,10,16H,9H2,1-2H3. The van der Waals surface area contributed by atoms with E-state index >= 15 is 0 Å². The molecule has 1 aromatic carbocycles. The highest BCUT2D eigenvalue weighted by Gasteiger charge is 2.06. The van der Waals surface area contributed by atoms with Crippen molar-refractivity contribution in [2.75, 3.05) is 6.61 Å². The number of nitriles is 1. The highest BCUT2D eigenvalue weighted by atomic mass is 16.5. The van der Waals surface area contributed by atoms with Gasteiger partial charge in [-0.1, -0.05) is 26.0 Å². The fourth-order valence-corrected chi connectivity index (χ4v) is 1.26. The number of hydrogen-bond acceptors (Lipinski definition) is 4. The second-order valence-corrected chi connectivity index (χ2v) is 4.24. The summed E-state index contributed by atoms with van der Waals surface area (Å²) in [5.74, 6) is -0.263. The van der Waals surface area contributed by atoms with Gasteiger partial charge in [0.05, 0.1) is 12.2 Å². The zero-order valence-corrected chi connectivity index (χ0v) is 10.4. The summed E-state index contributed by atoms with van der Waals surface area (Å²) in [5.41, 5.74) is 0.652. The number of rotatable bonds is 4. The van der Waals surface area contributed by atoms with E-state index in [1.165, 1.54) is 12.1 Å². The Balaban J connectivity index is 2.84. The van der Waals surface area contributed by atoms with E-state index in [1.807, 2.05) is 19.9 Å². The molecular formula is C14H15NO3. The summed E-state index contributed by atoms with van der Waals surface area (Å²) in [6, 6.07) is 8.08. The van der Waals surface area contributed by atoms with Gasteiger partial charge in [0.15, 0.2) is 0 Å². The molecule has 0 aliphatic rings. The largest absolute Gasteiger partial charge is 0.508 e. The molecule has 94 valence electrons. The quantitative estimate of drug-likeness (QED) is 0.502. The van der Waals surface area contributed by atoms with Crippen molar-refractivity contribution in [1.82, 2.24) is 0 Å². The number of carbonyl (C=O) groups is 1. The molecule has 0 amide bonds. The molecule has 4 heteroatoms. The Hall–Kier alpha value is -2.28. The number of phenols is 1. The van der Waals surface area contributed by atoms with Crippen molar-refractivity contribution in [3.05, 3.63) is 35.9 Å². The van der Waals surface area contributed by atoms with Gasteiger partial charge in [0.1, 0.15) is 11.8 Å². The van der Waals surface area contributed by atoms with Crippen molar-refractivity contribution >= 4 is 11.5 Å². The molecule has 0 fully saturated rings. The molecule has 0 aromatic heterocycles. The number of benzene rings is 1. The van der Waals surface area contributed by atoms with Gasteiger partial charge in [0, 0.05) is 6.08 Å². The minimum absolute atomic E-state index is 0.0456. The minimum atomic E-state index is -0.552. The van der Waals surface area contributed by atoms with Gasteiger partial charge >= 0.3 is 5.97 Å². The topological polar surface area (TPSA) is 70.3 Å². The lowest BCUT2D eigenvalue weighted by Crippen LogP contribution is -2.07. The van der Waals surface area contributed by atoms with E-state index in [1.54, 1.807) is 12.1 Å². The monoisotopic (exact) mass is 245 g/mol. The molecule has 0 aliphatic heterocycles. The van der Waals surface area contributed by atoms with Crippen LogP contribution < -0.4 is 0 Å². The Labute approximate surface area is 106 Å². The van der Waals surface area contributed by atoms with Gasteiger partial charge < -0.3 is 9.84 Å². The number of ether oxygens (including phenoxy) is 1. The van der Waals surface area contributed by atoms with Gasteiger partial charge in [-0.15, -0.1) is 0 Å². The first-order valence-corrected chi connectivity index (χ1v) is 5.61. The van der Waals surface area contributed by atoms with E-state index < -0.39 is 5.97 Å². The normalized spacial score (nSPS) is 11.1. The van der Waals surface area contributed by atoms with Crippen molar-refractivity contribution in [2.45, 2.75) is 13.8 Å². The van der Waals surface area contributed by atoms with Gasteiger partial charge in [-0.25, -0.2) is 4.79 Å². The molecule has 1 N–H and O–H groups in total. The molecule has 0 atom stereocenters. The highest BCUT2D eigenvalue weighted by Crippen LogP contribution is 2.18. The van der Waals surface area contributed by atoms with Gasteiger partial charge in [-0.2, -0.15) is 5.26 Å². The first-order valence-electron chi connectivity index (χ1n) is 5.61. The Bertz CT molecular complexity index is 498. The summed E-state index contributed by atoms with van der Waals surface area (Å²) in [4.78, 5) is 11.5. The minimum Gasteiger partial charge on any atom is -0.508 e. The van der Waals surface area contributed by atoms with Crippen LogP contribution in [0.25, 0.3) is 5.57 Å². The molecule has 0 heterocycles. The summed E-state index contributed by atoms with van der Waals surface area (Å²) >= 11 is 0. The van der Waals surface area contributed by atoms with E-state index in [0.717, 1.165) is 6.08 Å². The molecule has 0 aliphatic carbocycles. The predicted molar refractivity (Wildman–Crippen MR) is 67.5 cm³/mol. The van der Waals surface area contributed by atoms with Crippen LogP contribution in [0.4, 0.5) is 0 Å². The molecule has 1 aromatic rings. The fourth-order valence-electron chi connectivity index (χ4n) is 1.26. The number of hydrogen-bond donors (Lipinski definition) is 1. The maximum absolute atomic E-state index is 11.5.